The molecule has 0 atom stereocenters. The molecule has 2 aromatic heterocycles. The fourth-order valence-electron chi connectivity index (χ4n) is 1.31. The van der Waals surface area contributed by atoms with Gasteiger partial charge in [0.15, 0.2) is 0 Å². The molecule has 68 valence electrons. The largest absolute Gasteiger partial charge is 0.383 e. The lowest BCUT2D eigenvalue weighted by Gasteiger charge is -1.96. The van der Waals surface area contributed by atoms with Crippen LogP contribution in [0.3, 0.4) is 0 Å². The molecule has 0 saturated heterocycles. The van der Waals surface area contributed by atoms with Crippen LogP contribution in [0, 0.1) is 0 Å². The Balaban J connectivity index is 2.60. The van der Waals surface area contributed by atoms with Gasteiger partial charge in [-0.3, -0.25) is 4.40 Å². The highest BCUT2D eigenvalue weighted by molar-refractivity contribution is 5.52. The Hall–Kier alpha value is -1.55. The summed E-state index contributed by atoms with van der Waals surface area (Å²) in [6.45, 7) is 0.452. The number of nitrogens with zero attached hydrogens (tertiary/aromatic N) is 2. The predicted molar refractivity (Wildman–Crippen MR) is 50.3 cm³/mol. The molecule has 2 rings (SSSR count). The maximum Gasteiger partial charge on any atom is 0.138 e. The SMILES string of the molecule is COCc1nc2ccccn2c1N. The van der Waals surface area contributed by atoms with Gasteiger partial charge in [-0.1, -0.05) is 6.07 Å². The second-order valence-corrected chi connectivity index (χ2v) is 2.81. The van der Waals surface area contributed by atoms with Crippen LogP contribution in [-0.2, 0) is 11.3 Å². The number of ether oxygens (including phenoxy) is 1. The van der Waals surface area contributed by atoms with Crippen molar-refractivity contribution in [3.05, 3.63) is 30.1 Å². The molecule has 0 spiro atoms. The average Bonchev–Trinajstić information content (AvgIpc) is 2.46. The van der Waals surface area contributed by atoms with Crippen molar-refractivity contribution in [2.24, 2.45) is 0 Å². The highest BCUT2D eigenvalue weighted by Crippen LogP contribution is 2.14. The van der Waals surface area contributed by atoms with Crippen LogP contribution in [0.5, 0.6) is 0 Å². The highest BCUT2D eigenvalue weighted by atomic mass is 16.5. The number of anilines is 1. The van der Waals surface area contributed by atoms with Crippen LogP contribution in [0.25, 0.3) is 5.65 Å². The molecule has 0 aliphatic rings. The van der Waals surface area contributed by atoms with Gasteiger partial charge in [-0.25, -0.2) is 4.98 Å². The molecule has 2 N–H and O–H groups in total. The minimum absolute atomic E-state index is 0.452. The molecule has 2 aromatic rings. The molecular formula is C9H11N3O. The van der Waals surface area contributed by atoms with Gasteiger partial charge in [-0.2, -0.15) is 0 Å². The number of pyridine rings is 1. The first kappa shape index (κ1) is 8.07. The second kappa shape index (κ2) is 3.06. The molecule has 0 radical (unpaired) electrons. The summed E-state index contributed by atoms with van der Waals surface area (Å²) in [5.41, 5.74) is 7.49. The summed E-state index contributed by atoms with van der Waals surface area (Å²) >= 11 is 0. The van der Waals surface area contributed by atoms with Crippen LogP contribution in [0.4, 0.5) is 5.82 Å². The van der Waals surface area contributed by atoms with Crippen molar-refractivity contribution in [3.63, 3.8) is 0 Å². The van der Waals surface area contributed by atoms with E-state index >= 15 is 0 Å². The Kier molecular flexibility index (Phi) is 1.90. The Morgan fingerprint density at radius 1 is 1.54 bits per heavy atom. The molecule has 0 aliphatic heterocycles. The Labute approximate surface area is 76.0 Å². The van der Waals surface area contributed by atoms with Crippen molar-refractivity contribution in [2.75, 3.05) is 12.8 Å². The lowest BCUT2D eigenvalue weighted by atomic mass is 10.4. The monoisotopic (exact) mass is 177 g/mol. The molecule has 0 aliphatic carbocycles. The van der Waals surface area contributed by atoms with E-state index in [0.29, 0.717) is 12.4 Å². The van der Waals surface area contributed by atoms with Gasteiger partial charge in [0.1, 0.15) is 17.2 Å². The topological polar surface area (TPSA) is 52.5 Å². The van der Waals surface area contributed by atoms with Crippen molar-refractivity contribution < 1.29 is 4.74 Å². The van der Waals surface area contributed by atoms with Crippen molar-refractivity contribution in [1.29, 1.82) is 0 Å². The normalized spacial score (nSPS) is 10.8. The van der Waals surface area contributed by atoms with Gasteiger partial charge in [-0.05, 0) is 12.1 Å². The first-order valence-electron chi connectivity index (χ1n) is 4.03. The van der Waals surface area contributed by atoms with Crippen molar-refractivity contribution in [3.8, 4) is 0 Å². The van der Waals surface area contributed by atoms with Gasteiger partial charge in [0.2, 0.25) is 0 Å². The summed E-state index contributed by atoms with van der Waals surface area (Å²) in [7, 11) is 1.63. The number of imidazole rings is 1. The number of aromatic nitrogens is 2. The van der Waals surface area contributed by atoms with Crippen LogP contribution in [0.2, 0.25) is 0 Å². The fourth-order valence-corrected chi connectivity index (χ4v) is 1.31. The van der Waals surface area contributed by atoms with Crippen LogP contribution < -0.4 is 5.73 Å². The number of methoxy groups -OCH3 is 1. The Morgan fingerprint density at radius 2 is 2.38 bits per heavy atom. The smallest absolute Gasteiger partial charge is 0.138 e. The van der Waals surface area contributed by atoms with Crippen LogP contribution >= 0.6 is 0 Å². The van der Waals surface area contributed by atoms with E-state index in [1.807, 2.05) is 28.8 Å². The molecule has 0 aromatic carbocycles. The number of hydrogen-bond acceptors (Lipinski definition) is 3. The zero-order valence-corrected chi connectivity index (χ0v) is 7.40. The third-order valence-corrected chi connectivity index (χ3v) is 1.92. The van der Waals surface area contributed by atoms with E-state index < -0.39 is 0 Å². The van der Waals surface area contributed by atoms with E-state index in [0.717, 1.165) is 11.3 Å². The van der Waals surface area contributed by atoms with Crippen LogP contribution in [0.1, 0.15) is 5.69 Å². The Morgan fingerprint density at radius 3 is 3.08 bits per heavy atom. The molecule has 4 nitrogen and oxygen atoms in total. The third kappa shape index (κ3) is 1.25. The molecular weight excluding hydrogens is 166 g/mol. The van der Waals surface area contributed by atoms with Gasteiger partial charge >= 0.3 is 0 Å². The van der Waals surface area contributed by atoms with Crippen molar-refractivity contribution in [2.45, 2.75) is 6.61 Å². The van der Waals surface area contributed by atoms with Gasteiger partial charge in [0.05, 0.1) is 6.61 Å². The molecule has 13 heavy (non-hydrogen) atoms. The van der Waals surface area contributed by atoms with E-state index in [4.69, 9.17) is 10.5 Å². The quantitative estimate of drug-likeness (QED) is 0.746. The minimum atomic E-state index is 0.452. The summed E-state index contributed by atoms with van der Waals surface area (Å²) in [4.78, 5) is 4.31. The minimum Gasteiger partial charge on any atom is -0.383 e. The summed E-state index contributed by atoms with van der Waals surface area (Å²) in [6.07, 6.45) is 1.89. The number of nitrogen functional groups attached to an aromatic ring is 1. The molecule has 4 heteroatoms. The van der Waals surface area contributed by atoms with Crippen molar-refractivity contribution in [1.82, 2.24) is 9.38 Å². The maximum atomic E-state index is 5.85. The lowest BCUT2D eigenvalue weighted by Crippen LogP contribution is -1.96. The van der Waals surface area contributed by atoms with E-state index in [1.165, 1.54) is 0 Å². The van der Waals surface area contributed by atoms with Crippen molar-refractivity contribution >= 4 is 11.5 Å². The number of fused-ring (bicyclic) bond motifs is 1. The number of nitrogens with two attached hydrogens (primary N) is 1. The highest BCUT2D eigenvalue weighted by Gasteiger charge is 2.06. The van der Waals surface area contributed by atoms with E-state index in [-0.39, 0.29) is 0 Å². The standard InChI is InChI=1S/C9H11N3O/c1-13-6-7-9(10)12-5-3-2-4-8(12)11-7/h2-5H,6,10H2,1H3. The average molecular weight is 177 g/mol. The van der Waals surface area contributed by atoms with Gasteiger partial charge in [0, 0.05) is 13.3 Å². The maximum absolute atomic E-state index is 5.85. The number of rotatable bonds is 2. The third-order valence-electron chi connectivity index (χ3n) is 1.92. The molecule has 0 amide bonds. The molecule has 0 fully saturated rings. The molecule has 0 unspecified atom stereocenters. The van der Waals surface area contributed by atoms with E-state index in [9.17, 15) is 0 Å². The van der Waals surface area contributed by atoms with E-state index in [2.05, 4.69) is 4.98 Å². The van der Waals surface area contributed by atoms with Crippen LogP contribution in [0.15, 0.2) is 24.4 Å². The predicted octanol–water partition coefficient (Wildman–Crippen LogP) is 1.06. The molecule has 0 saturated carbocycles. The molecule has 0 bridgehead atoms. The van der Waals surface area contributed by atoms with Gasteiger partial charge < -0.3 is 10.5 Å². The van der Waals surface area contributed by atoms with Crippen LogP contribution in [-0.4, -0.2) is 16.5 Å². The zero-order chi connectivity index (χ0) is 9.26. The van der Waals surface area contributed by atoms with Gasteiger partial charge in [0.25, 0.3) is 0 Å². The summed E-state index contributed by atoms with van der Waals surface area (Å²) in [5.74, 6) is 0.650. The number of hydrogen-bond donors (Lipinski definition) is 1. The Bertz CT molecular complexity index is 422. The zero-order valence-electron chi connectivity index (χ0n) is 7.40. The van der Waals surface area contributed by atoms with E-state index in [1.54, 1.807) is 7.11 Å². The first-order chi connectivity index (χ1) is 6.33. The summed E-state index contributed by atoms with van der Waals surface area (Å²) in [5, 5.41) is 0. The van der Waals surface area contributed by atoms with Gasteiger partial charge in [-0.15, -0.1) is 0 Å². The lowest BCUT2D eigenvalue weighted by molar-refractivity contribution is 0.182. The summed E-state index contributed by atoms with van der Waals surface area (Å²) < 4.78 is 6.82. The summed E-state index contributed by atoms with van der Waals surface area (Å²) in [6, 6.07) is 5.76. The fraction of sp³-hybridized carbons (Fsp3) is 0.222. The molecule has 2 heterocycles. The second-order valence-electron chi connectivity index (χ2n) is 2.81. The first-order valence-corrected chi connectivity index (χ1v) is 4.03.